The summed E-state index contributed by atoms with van der Waals surface area (Å²) in [6, 6.07) is 19.9. The van der Waals surface area contributed by atoms with Crippen LogP contribution in [0.4, 0.5) is 13.2 Å². The first-order chi connectivity index (χ1) is 24.1. The number of piperidine rings is 1. The predicted octanol–water partition coefficient (Wildman–Crippen LogP) is 4.50. The number of carbonyl (C=O) groups is 4. The first kappa shape index (κ1) is 34.8. The lowest BCUT2D eigenvalue weighted by Crippen LogP contribution is -2.59. The third kappa shape index (κ3) is 8.20. The van der Waals surface area contributed by atoms with E-state index < -0.39 is 23.7 Å². The van der Waals surface area contributed by atoms with Gasteiger partial charge in [-0.15, -0.1) is 0 Å². The van der Waals surface area contributed by atoms with Gasteiger partial charge in [-0.2, -0.15) is 13.2 Å². The SMILES string of the molecule is O=C1NCC[C@H]2CN(C(=O)COc3ccccc3)CC[C@H]2CC(=O)N2CCN(C(=O)c3ccccc3)C[C@H]2COc2ccc(C(F)(F)F)cc21. The van der Waals surface area contributed by atoms with Gasteiger partial charge in [0.05, 0.1) is 17.2 Å². The summed E-state index contributed by atoms with van der Waals surface area (Å²) < 4.78 is 52.8. The third-order valence-corrected chi connectivity index (χ3v) is 9.68. The van der Waals surface area contributed by atoms with Gasteiger partial charge in [0.15, 0.2) is 6.61 Å². The van der Waals surface area contributed by atoms with Crippen molar-refractivity contribution < 1.29 is 41.8 Å². The molecule has 3 aliphatic heterocycles. The van der Waals surface area contributed by atoms with Gasteiger partial charge in [0, 0.05) is 51.3 Å². The van der Waals surface area contributed by atoms with Crippen molar-refractivity contribution >= 4 is 23.6 Å². The summed E-state index contributed by atoms with van der Waals surface area (Å²) in [6.07, 6.45) is -3.54. The second-order valence-electron chi connectivity index (χ2n) is 12.9. The van der Waals surface area contributed by atoms with E-state index in [-0.39, 0.29) is 80.1 Å². The zero-order valence-electron chi connectivity index (χ0n) is 27.4. The fourth-order valence-electron chi connectivity index (χ4n) is 6.93. The number of ether oxygens (including phenoxy) is 2. The van der Waals surface area contributed by atoms with Crippen molar-refractivity contribution in [3.8, 4) is 11.5 Å². The number of amides is 4. The molecular weight excluding hydrogens is 653 g/mol. The summed E-state index contributed by atoms with van der Waals surface area (Å²) >= 11 is 0. The van der Waals surface area contributed by atoms with Crippen LogP contribution >= 0.6 is 0 Å². The molecule has 0 unspecified atom stereocenters. The number of rotatable bonds is 4. The molecule has 1 N–H and O–H groups in total. The Bertz CT molecular complexity index is 1690. The maximum atomic E-state index is 14.0. The number of halogens is 3. The maximum absolute atomic E-state index is 14.0. The average Bonchev–Trinajstić information content (AvgIpc) is 3.13. The van der Waals surface area contributed by atoms with Crippen LogP contribution in [0, 0.1) is 11.8 Å². The normalized spacial score (nSPS) is 21.8. The Morgan fingerprint density at radius 2 is 1.60 bits per heavy atom. The molecule has 10 nitrogen and oxygen atoms in total. The summed E-state index contributed by atoms with van der Waals surface area (Å²) in [6.45, 7) is 1.26. The van der Waals surface area contributed by atoms with Crippen molar-refractivity contribution in [3.05, 3.63) is 95.6 Å². The lowest BCUT2D eigenvalue weighted by Gasteiger charge is -2.43. The van der Waals surface area contributed by atoms with E-state index in [9.17, 15) is 32.3 Å². The molecule has 2 fully saturated rings. The second kappa shape index (κ2) is 15.2. The van der Waals surface area contributed by atoms with Crippen molar-refractivity contribution in [2.75, 3.05) is 52.5 Å². The van der Waals surface area contributed by atoms with Crippen molar-refractivity contribution in [3.63, 3.8) is 0 Å². The molecule has 4 amide bonds. The van der Waals surface area contributed by atoms with Crippen LogP contribution in [-0.2, 0) is 15.8 Å². The van der Waals surface area contributed by atoms with Gasteiger partial charge in [-0.25, -0.2) is 0 Å². The van der Waals surface area contributed by atoms with Crippen LogP contribution in [0.5, 0.6) is 11.5 Å². The maximum Gasteiger partial charge on any atom is 0.416 e. The van der Waals surface area contributed by atoms with Crippen LogP contribution in [0.3, 0.4) is 0 Å². The lowest BCUT2D eigenvalue weighted by molar-refractivity contribution is -0.140. The van der Waals surface area contributed by atoms with E-state index in [0.717, 1.165) is 18.2 Å². The average molecular weight is 693 g/mol. The van der Waals surface area contributed by atoms with Gasteiger partial charge in [-0.05, 0) is 67.1 Å². The number of nitrogens with zero attached hydrogens (tertiary/aromatic N) is 3. The molecule has 3 aromatic carbocycles. The highest BCUT2D eigenvalue weighted by Crippen LogP contribution is 2.34. The Morgan fingerprint density at radius 1 is 0.860 bits per heavy atom. The molecule has 0 bridgehead atoms. The number of alkyl halides is 3. The molecule has 3 aliphatic rings. The monoisotopic (exact) mass is 692 g/mol. The number of carbonyl (C=O) groups excluding carboxylic acids is 4. The fourth-order valence-corrected chi connectivity index (χ4v) is 6.93. The zero-order valence-corrected chi connectivity index (χ0v) is 27.4. The van der Waals surface area contributed by atoms with Crippen molar-refractivity contribution in [2.24, 2.45) is 11.8 Å². The highest BCUT2D eigenvalue weighted by molar-refractivity contribution is 5.97. The molecule has 0 radical (unpaired) electrons. The molecule has 2 saturated heterocycles. The van der Waals surface area contributed by atoms with Gasteiger partial charge in [-0.1, -0.05) is 36.4 Å². The van der Waals surface area contributed by atoms with E-state index >= 15 is 0 Å². The number of hydrogen-bond acceptors (Lipinski definition) is 6. The first-order valence-corrected chi connectivity index (χ1v) is 16.8. The van der Waals surface area contributed by atoms with E-state index in [2.05, 4.69) is 5.32 Å². The van der Waals surface area contributed by atoms with E-state index in [1.54, 1.807) is 51.1 Å². The van der Waals surface area contributed by atoms with Gasteiger partial charge < -0.3 is 29.5 Å². The van der Waals surface area contributed by atoms with Crippen molar-refractivity contribution in [2.45, 2.75) is 31.5 Å². The molecule has 3 aromatic rings. The second-order valence-corrected chi connectivity index (χ2v) is 12.9. The highest BCUT2D eigenvalue weighted by Gasteiger charge is 2.39. The predicted molar refractivity (Wildman–Crippen MR) is 176 cm³/mol. The molecule has 13 heteroatoms. The van der Waals surface area contributed by atoms with E-state index in [1.807, 2.05) is 24.3 Å². The Kier molecular flexibility index (Phi) is 10.6. The Morgan fingerprint density at radius 3 is 2.34 bits per heavy atom. The standard InChI is InChI=1S/C37H39F3N4O6/c38-37(39,40)28-11-12-32-31(20-28)35(47)41-15-13-27-21-42(34(46)24-49-30-9-5-2-6-10-30)16-14-26(27)19-33(45)44-18-17-43(22-29(44)23-50-32)36(48)25-7-3-1-4-8-25/h1-12,20,26-27,29H,13-19,21-24H2,(H,41,47)/t26-,27-,29-/m0/s1. The van der Waals surface area contributed by atoms with Crippen LogP contribution in [0.1, 0.15) is 45.5 Å². The fraction of sp³-hybridized carbons (Fsp3) is 0.405. The van der Waals surface area contributed by atoms with Gasteiger partial charge in [0.1, 0.15) is 18.1 Å². The molecule has 0 aliphatic carbocycles. The number of piperazine rings is 1. The topological polar surface area (TPSA) is 108 Å². The summed E-state index contributed by atoms with van der Waals surface area (Å²) in [7, 11) is 0. The Labute approximate surface area is 288 Å². The number of hydrogen-bond donors (Lipinski definition) is 1. The largest absolute Gasteiger partial charge is 0.491 e. The summed E-state index contributed by atoms with van der Waals surface area (Å²) in [5.41, 5.74) is -0.781. The van der Waals surface area contributed by atoms with Crippen LogP contribution < -0.4 is 14.8 Å². The molecule has 6 rings (SSSR count). The third-order valence-electron chi connectivity index (χ3n) is 9.68. The molecule has 0 saturated carbocycles. The zero-order chi connectivity index (χ0) is 35.3. The number of benzene rings is 3. The quantitative estimate of drug-likeness (QED) is 0.432. The first-order valence-electron chi connectivity index (χ1n) is 16.8. The van der Waals surface area contributed by atoms with Gasteiger partial charge >= 0.3 is 6.18 Å². The van der Waals surface area contributed by atoms with Gasteiger partial charge in [0.2, 0.25) is 5.91 Å². The van der Waals surface area contributed by atoms with Crippen molar-refractivity contribution in [1.82, 2.24) is 20.0 Å². The summed E-state index contributed by atoms with van der Waals surface area (Å²) in [5.74, 6) is -1.03. The van der Waals surface area contributed by atoms with Gasteiger partial charge in [0.25, 0.3) is 17.7 Å². The number of nitrogens with one attached hydrogen (secondary N) is 1. The summed E-state index contributed by atoms with van der Waals surface area (Å²) in [4.78, 5) is 59.0. The van der Waals surface area contributed by atoms with Crippen LogP contribution in [-0.4, -0.2) is 96.9 Å². The Hall–Kier alpha value is -5.07. The van der Waals surface area contributed by atoms with Gasteiger partial charge in [-0.3, -0.25) is 19.2 Å². The number of fused-ring (bicyclic) bond motifs is 3. The smallest absolute Gasteiger partial charge is 0.416 e. The molecule has 3 atom stereocenters. The summed E-state index contributed by atoms with van der Waals surface area (Å²) in [5, 5.41) is 2.74. The van der Waals surface area contributed by atoms with E-state index in [1.165, 1.54) is 0 Å². The lowest BCUT2D eigenvalue weighted by atomic mass is 9.80. The minimum absolute atomic E-state index is 0.0581. The minimum atomic E-state index is -4.69. The highest BCUT2D eigenvalue weighted by atomic mass is 19.4. The molecule has 264 valence electrons. The van der Waals surface area contributed by atoms with Crippen LogP contribution in [0.15, 0.2) is 78.9 Å². The van der Waals surface area contributed by atoms with Crippen LogP contribution in [0.25, 0.3) is 0 Å². The molecule has 50 heavy (non-hydrogen) atoms. The molecular formula is C37H39F3N4O6. The molecule has 0 spiro atoms. The number of para-hydroxylation sites is 1. The van der Waals surface area contributed by atoms with E-state index in [4.69, 9.17) is 9.47 Å². The van der Waals surface area contributed by atoms with E-state index in [0.29, 0.717) is 43.8 Å². The van der Waals surface area contributed by atoms with Crippen molar-refractivity contribution in [1.29, 1.82) is 0 Å². The molecule has 3 heterocycles. The number of likely N-dealkylation sites (tertiary alicyclic amines) is 1. The molecule has 0 aromatic heterocycles. The van der Waals surface area contributed by atoms with Crippen LogP contribution in [0.2, 0.25) is 0 Å². The minimum Gasteiger partial charge on any atom is -0.491 e. The Balaban J connectivity index is 1.24.